The standard InChI is InChI=1S/C27H38N5O11PS/c1-14(2)8-18(25(36)39-5)30-44(45,40-13-17-6-7-21(41-17)31-10-15(3)23(34)28-26(31)37)43-19-9-22(42-20(19)12-33)32-11-16(4)24(35)29-27(32)38/h6-7,10-11,14,17-22,33H,8-9,12-13H2,1-5H3,(H,30,45)(H,28,34,37)(H,29,35,38)/t17-,18-,19-,20+,21+,22+,44?/m0/s1. The number of ether oxygens (including phenoxy) is 3. The van der Waals surface area contributed by atoms with Gasteiger partial charge in [0.2, 0.25) is 0 Å². The Kier molecular flexibility index (Phi) is 11.3. The SMILES string of the molecule is COC(=O)[C@H](CC(C)C)NP(=S)(OC[C@@H]1C=C[C@H](n2cc(C)c(=O)[nH]c2=O)O1)O[C@H]1C[C@H](n2cc(C)c(=O)[nH]c2=O)O[C@@H]1CO. The summed E-state index contributed by atoms with van der Waals surface area (Å²) >= 11 is 5.88. The second kappa shape index (κ2) is 14.6. The highest BCUT2D eigenvalue weighted by atomic mass is 32.5. The molecule has 2 aliphatic heterocycles. The second-order valence-electron chi connectivity index (χ2n) is 11.2. The fourth-order valence-electron chi connectivity index (χ4n) is 4.92. The first kappa shape index (κ1) is 34.8. The molecule has 4 rings (SSSR count). The summed E-state index contributed by atoms with van der Waals surface area (Å²) in [6.45, 7) is 2.71. The Morgan fingerprint density at radius 1 is 1.09 bits per heavy atom. The number of H-pyrrole nitrogens is 2. The number of hydrogen-bond acceptors (Lipinski definition) is 12. The Morgan fingerprint density at radius 2 is 1.71 bits per heavy atom. The van der Waals surface area contributed by atoms with E-state index in [2.05, 4.69) is 15.1 Å². The zero-order chi connectivity index (χ0) is 33.1. The fraction of sp³-hybridized carbons (Fsp3) is 0.593. The molecule has 2 aromatic heterocycles. The van der Waals surface area contributed by atoms with E-state index >= 15 is 0 Å². The Morgan fingerprint density at radius 3 is 2.31 bits per heavy atom. The number of aromatic nitrogens is 4. The molecular weight excluding hydrogens is 633 g/mol. The number of carbonyl (C=O) groups excluding carboxylic acids is 1. The molecule has 0 bridgehead atoms. The summed E-state index contributed by atoms with van der Waals surface area (Å²) in [6, 6.07) is -0.897. The lowest BCUT2D eigenvalue weighted by molar-refractivity contribution is -0.143. The molecule has 0 aromatic carbocycles. The van der Waals surface area contributed by atoms with Gasteiger partial charge in [-0.1, -0.05) is 19.9 Å². The fourth-order valence-corrected chi connectivity index (χ4v) is 7.52. The van der Waals surface area contributed by atoms with Gasteiger partial charge in [-0.2, -0.15) is 0 Å². The van der Waals surface area contributed by atoms with Crippen LogP contribution in [0.2, 0.25) is 0 Å². The average Bonchev–Trinajstić information content (AvgIpc) is 3.61. The van der Waals surface area contributed by atoms with Crippen LogP contribution in [0.4, 0.5) is 0 Å². The highest BCUT2D eigenvalue weighted by Gasteiger charge is 2.42. The Bertz CT molecular complexity index is 1700. The van der Waals surface area contributed by atoms with Crippen LogP contribution < -0.4 is 27.6 Å². The smallest absolute Gasteiger partial charge is 0.330 e. The molecular formula is C27H38N5O11PS. The van der Waals surface area contributed by atoms with Crippen LogP contribution in [0.1, 0.15) is 50.3 Å². The molecule has 0 radical (unpaired) electrons. The number of nitrogens with zero attached hydrogens (tertiary/aromatic N) is 2. The van der Waals surface area contributed by atoms with E-state index in [1.807, 2.05) is 13.8 Å². The molecule has 16 nitrogen and oxygen atoms in total. The third-order valence-corrected chi connectivity index (χ3v) is 9.79. The average molecular weight is 672 g/mol. The van der Waals surface area contributed by atoms with E-state index in [-0.39, 0.29) is 24.5 Å². The summed E-state index contributed by atoms with van der Waals surface area (Å²) in [6.07, 6.45) is 2.23. The third-order valence-electron chi connectivity index (χ3n) is 7.23. The molecule has 45 heavy (non-hydrogen) atoms. The van der Waals surface area contributed by atoms with Crippen LogP contribution in [0.3, 0.4) is 0 Å². The summed E-state index contributed by atoms with van der Waals surface area (Å²) < 4.78 is 31.7. The number of methoxy groups -OCH3 is 1. The van der Waals surface area contributed by atoms with Gasteiger partial charge in [0.25, 0.3) is 17.8 Å². The molecule has 2 aliphatic rings. The summed E-state index contributed by atoms with van der Waals surface area (Å²) in [5.41, 5.74) is -1.75. The van der Waals surface area contributed by atoms with Crippen LogP contribution in [0.25, 0.3) is 0 Å². The van der Waals surface area contributed by atoms with Crippen molar-refractivity contribution in [1.82, 2.24) is 24.2 Å². The maximum atomic E-state index is 12.7. The van der Waals surface area contributed by atoms with Crippen molar-refractivity contribution in [1.29, 1.82) is 0 Å². The van der Waals surface area contributed by atoms with Gasteiger partial charge in [-0.15, -0.1) is 0 Å². The first-order valence-electron chi connectivity index (χ1n) is 14.3. The van der Waals surface area contributed by atoms with Crippen molar-refractivity contribution in [2.75, 3.05) is 20.3 Å². The van der Waals surface area contributed by atoms with Crippen LogP contribution >= 0.6 is 6.64 Å². The molecule has 0 saturated carbocycles. The molecule has 4 heterocycles. The number of esters is 1. The molecule has 4 N–H and O–H groups in total. The number of carbonyl (C=O) groups is 1. The number of aliphatic hydroxyl groups excluding tert-OH is 1. The second-order valence-corrected chi connectivity index (χ2v) is 14.4. The Balaban J connectivity index is 1.55. The number of aryl methyl sites for hydroxylation is 2. The first-order valence-corrected chi connectivity index (χ1v) is 16.9. The Hall–Kier alpha value is -3.02. The predicted molar refractivity (Wildman–Crippen MR) is 164 cm³/mol. The number of aliphatic hydroxyl groups is 1. The van der Waals surface area contributed by atoms with E-state index in [1.54, 1.807) is 26.0 Å². The van der Waals surface area contributed by atoms with Gasteiger partial charge in [0.15, 0.2) is 6.23 Å². The molecule has 1 fully saturated rings. The minimum atomic E-state index is -3.60. The normalized spacial score (nSPS) is 25.0. The van der Waals surface area contributed by atoms with Crippen molar-refractivity contribution in [2.45, 2.75) is 77.3 Å². The molecule has 1 saturated heterocycles. The van der Waals surface area contributed by atoms with Gasteiger partial charge in [0.1, 0.15) is 24.5 Å². The highest BCUT2D eigenvalue weighted by molar-refractivity contribution is 8.09. The van der Waals surface area contributed by atoms with Crippen LogP contribution in [0, 0.1) is 19.8 Å². The lowest BCUT2D eigenvalue weighted by Crippen LogP contribution is -2.39. The van der Waals surface area contributed by atoms with E-state index in [0.717, 1.165) is 0 Å². The topological polar surface area (TPSA) is 205 Å². The molecule has 7 atom stereocenters. The van der Waals surface area contributed by atoms with E-state index in [4.69, 9.17) is 35.1 Å². The van der Waals surface area contributed by atoms with Gasteiger partial charge >= 0.3 is 17.3 Å². The van der Waals surface area contributed by atoms with Crippen molar-refractivity contribution in [3.05, 3.63) is 77.3 Å². The lowest BCUT2D eigenvalue weighted by atomic mass is 10.1. The quantitative estimate of drug-likeness (QED) is 0.128. The maximum Gasteiger partial charge on any atom is 0.330 e. The van der Waals surface area contributed by atoms with Crippen molar-refractivity contribution in [2.24, 2.45) is 5.92 Å². The number of nitrogens with one attached hydrogen (secondary N) is 3. The van der Waals surface area contributed by atoms with Gasteiger partial charge in [-0.05, 0) is 44.1 Å². The number of aromatic amines is 2. The monoisotopic (exact) mass is 671 g/mol. The van der Waals surface area contributed by atoms with E-state index in [9.17, 15) is 29.1 Å². The minimum Gasteiger partial charge on any atom is -0.468 e. The predicted octanol–water partition coefficient (Wildman–Crippen LogP) is 0.241. The first-order chi connectivity index (χ1) is 21.2. The molecule has 0 aliphatic carbocycles. The van der Waals surface area contributed by atoms with E-state index in [0.29, 0.717) is 12.0 Å². The van der Waals surface area contributed by atoms with Crippen LogP contribution in [0.15, 0.2) is 43.7 Å². The summed E-state index contributed by atoms with van der Waals surface area (Å²) in [7, 11) is 1.25. The number of hydrogen-bond donors (Lipinski definition) is 4. The summed E-state index contributed by atoms with van der Waals surface area (Å²) in [4.78, 5) is 65.7. The molecule has 18 heteroatoms. The van der Waals surface area contributed by atoms with Crippen molar-refractivity contribution in [3.63, 3.8) is 0 Å². The largest absolute Gasteiger partial charge is 0.468 e. The lowest BCUT2D eigenvalue weighted by Gasteiger charge is -2.31. The van der Waals surface area contributed by atoms with Gasteiger partial charge in [0, 0.05) is 29.9 Å². The van der Waals surface area contributed by atoms with Crippen molar-refractivity contribution >= 4 is 24.4 Å². The van der Waals surface area contributed by atoms with Crippen molar-refractivity contribution in [3.8, 4) is 0 Å². The zero-order valence-corrected chi connectivity index (χ0v) is 27.2. The molecule has 0 spiro atoms. The maximum absolute atomic E-state index is 12.7. The minimum absolute atomic E-state index is 0.0590. The summed E-state index contributed by atoms with van der Waals surface area (Å²) in [5.74, 6) is -0.518. The third kappa shape index (κ3) is 8.42. The van der Waals surface area contributed by atoms with Crippen LogP contribution in [-0.4, -0.2) is 74.9 Å². The molecule has 1 unspecified atom stereocenters. The Labute approximate surface area is 262 Å². The highest BCUT2D eigenvalue weighted by Crippen LogP contribution is 2.50. The molecule has 248 valence electrons. The van der Waals surface area contributed by atoms with Gasteiger partial charge < -0.3 is 28.4 Å². The van der Waals surface area contributed by atoms with Gasteiger partial charge in [-0.25, -0.2) is 14.7 Å². The molecule has 0 amide bonds. The van der Waals surface area contributed by atoms with Crippen molar-refractivity contribution < 1.29 is 33.2 Å². The van der Waals surface area contributed by atoms with E-state index < -0.39 is 78.5 Å². The van der Waals surface area contributed by atoms with Gasteiger partial charge in [-0.3, -0.25) is 33.5 Å². The van der Waals surface area contributed by atoms with E-state index in [1.165, 1.54) is 28.6 Å². The van der Waals surface area contributed by atoms with Gasteiger partial charge in [0.05, 0.1) is 26.4 Å². The molecule has 2 aromatic rings. The summed E-state index contributed by atoms with van der Waals surface area (Å²) in [5, 5.41) is 13.1. The zero-order valence-electron chi connectivity index (χ0n) is 25.5. The van der Waals surface area contributed by atoms with Crippen LogP contribution in [0.5, 0.6) is 0 Å². The van der Waals surface area contributed by atoms with Crippen LogP contribution in [-0.2, 0) is 39.9 Å². The number of rotatable bonds is 13.